The van der Waals surface area contributed by atoms with E-state index in [9.17, 15) is 9.90 Å². The summed E-state index contributed by atoms with van der Waals surface area (Å²) in [4.78, 5) is 13.2. The molecular formula is C24H25N2O2+. The number of benzene rings is 2. The summed E-state index contributed by atoms with van der Waals surface area (Å²) in [5.41, 5.74) is 1.76. The summed E-state index contributed by atoms with van der Waals surface area (Å²) >= 11 is 0. The van der Waals surface area contributed by atoms with Gasteiger partial charge in [-0.15, -0.1) is 0 Å². The molecule has 4 nitrogen and oxygen atoms in total. The first-order chi connectivity index (χ1) is 13.7. The second kappa shape index (κ2) is 7.85. The maximum atomic E-state index is 13.2. The van der Waals surface area contributed by atoms with Crippen LogP contribution in [0.5, 0.6) is 5.88 Å². The first-order valence-electron chi connectivity index (χ1n) is 9.96. The molecule has 2 aromatic heterocycles. The summed E-state index contributed by atoms with van der Waals surface area (Å²) in [7, 11) is 0. The Morgan fingerprint density at radius 3 is 2.50 bits per heavy atom. The van der Waals surface area contributed by atoms with Crippen LogP contribution in [0.15, 0.2) is 66.9 Å². The molecular weight excluding hydrogens is 348 g/mol. The van der Waals surface area contributed by atoms with Gasteiger partial charge in [0.25, 0.3) is 11.3 Å². The Kier molecular flexibility index (Phi) is 5.11. The monoisotopic (exact) mass is 373 g/mol. The van der Waals surface area contributed by atoms with Crippen molar-refractivity contribution in [3.8, 4) is 5.88 Å². The minimum absolute atomic E-state index is 0.0432. The number of imidazole rings is 1. The normalized spacial score (nSPS) is 11.3. The molecule has 0 radical (unpaired) electrons. The number of fused-ring (bicyclic) bond motifs is 3. The summed E-state index contributed by atoms with van der Waals surface area (Å²) in [5, 5.41) is 13.2. The number of hydrogen-bond acceptors (Lipinski definition) is 2. The molecule has 0 aliphatic heterocycles. The third-order valence-electron chi connectivity index (χ3n) is 5.28. The topological polar surface area (TPSA) is 45.6 Å². The molecule has 4 aromatic rings. The van der Waals surface area contributed by atoms with Gasteiger partial charge in [0.05, 0.1) is 18.1 Å². The fraction of sp³-hybridized carbons (Fsp3) is 0.250. The number of carbonyl (C=O) groups excluding carboxylic acids is 1. The molecule has 2 heterocycles. The summed E-state index contributed by atoms with van der Waals surface area (Å²) in [6.07, 6.45) is 6.29. The molecule has 4 heteroatoms. The van der Waals surface area contributed by atoms with E-state index in [1.807, 2.05) is 57.6 Å². The van der Waals surface area contributed by atoms with Gasteiger partial charge in [0, 0.05) is 5.56 Å². The maximum absolute atomic E-state index is 13.2. The predicted molar refractivity (Wildman–Crippen MR) is 111 cm³/mol. The number of aromatic nitrogens is 2. The van der Waals surface area contributed by atoms with Gasteiger partial charge in [0.2, 0.25) is 5.78 Å². The van der Waals surface area contributed by atoms with Crippen LogP contribution in [0.25, 0.3) is 16.4 Å². The Morgan fingerprint density at radius 1 is 0.964 bits per heavy atom. The van der Waals surface area contributed by atoms with E-state index in [1.54, 1.807) is 12.1 Å². The van der Waals surface area contributed by atoms with Crippen molar-refractivity contribution in [3.63, 3.8) is 0 Å². The lowest BCUT2D eigenvalue weighted by molar-refractivity contribution is -0.676. The van der Waals surface area contributed by atoms with E-state index in [2.05, 4.69) is 13.0 Å². The van der Waals surface area contributed by atoms with Crippen LogP contribution in [-0.2, 0) is 6.54 Å². The van der Waals surface area contributed by atoms with Crippen molar-refractivity contribution in [2.45, 2.75) is 39.2 Å². The van der Waals surface area contributed by atoms with E-state index >= 15 is 0 Å². The molecule has 4 rings (SSSR count). The van der Waals surface area contributed by atoms with Crippen LogP contribution in [0.2, 0.25) is 0 Å². The Labute approximate surface area is 164 Å². The van der Waals surface area contributed by atoms with E-state index < -0.39 is 0 Å². The van der Waals surface area contributed by atoms with Crippen LogP contribution in [0.4, 0.5) is 0 Å². The Hall–Kier alpha value is -3.14. The zero-order valence-corrected chi connectivity index (χ0v) is 16.1. The molecule has 0 unspecified atom stereocenters. The first kappa shape index (κ1) is 18.2. The average molecular weight is 373 g/mol. The van der Waals surface area contributed by atoms with Gasteiger partial charge < -0.3 is 5.11 Å². The van der Waals surface area contributed by atoms with Gasteiger partial charge in [0.1, 0.15) is 0 Å². The summed E-state index contributed by atoms with van der Waals surface area (Å²) in [6.45, 7) is 2.87. The molecule has 0 saturated heterocycles. The summed E-state index contributed by atoms with van der Waals surface area (Å²) < 4.78 is 3.74. The number of carbonyl (C=O) groups is 1. The fourth-order valence-electron chi connectivity index (χ4n) is 3.84. The van der Waals surface area contributed by atoms with Crippen LogP contribution in [-0.4, -0.2) is 15.3 Å². The molecule has 0 atom stereocenters. The van der Waals surface area contributed by atoms with Crippen molar-refractivity contribution in [1.82, 2.24) is 4.40 Å². The minimum Gasteiger partial charge on any atom is -0.475 e. The maximum Gasteiger partial charge on any atom is 0.335 e. The quantitative estimate of drug-likeness (QED) is 0.285. The summed E-state index contributed by atoms with van der Waals surface area (Å²) in [6, 6.07) is 19.2. The highest BCUT2D eigenvalue weighted by Gasteiger charge is 2.32. The zero-order chi connectivity index (χ0) is 19.5. The van der Waals surface area contributed by atoms with Crippen LogP contribution in [0.1, 0.15) is 48.7 Å². The van der Waals surface area contributed by atoms with E-state index in [0.717, 1.165) is 35.7 Å². The fourth-order valence-corrected chi connectivity index (χ4v) is 3.84. The molecule has 142 valence electrons. The van der Waals surface area contributed by atoms with Gasteiger partial charge in [-0.25, -0.2) is 0 Å². The lowest BCUT2D eigenvalue weighted by Crippen LogP contribution is -2.33. The van der Waals surface area contributed by atoms with Crippen molar-refractivity contribution in [1.29, 1.82) is 0 Å². The van der Waals surface area contributed by atoms with Gasteiger partial charge in [-0.05, 0) is 30.4 Å². The lowest BCUT2D eigenvalue weighted by atomic mass is 10.1. The Balaban J connectivity index is 1.91. The third-order valence-corrected chi connectivity index (χ3v) is 5.28. The number of unbranched alkanes of at least 4 members (excludes halogenated alkanes) is 3. The molecule has 1 N–H and O–H groups in total. The number of nitrogens with zero attached hydrogens (tertiary/aromatic N) is 2. The van der Waals surface area contributed by atoms with E-state index in [4.69, 9.17) is 0 Å². The van der Waals surface area contributed by atoms with Gasteiger partial charge in [-0.1, -0.05) is 68.3 Å². The van der Waals surface area contributed by atoms with Crippen molar-refractivity contribution >= 4 is 22.2 Å². The van der Waals surface area contributed by atoms with Crippen molar-refractivity contribution in [2.24, 2.45) is 0 Å². The van der Waals surface area contributed by atoms with Gasteiger partial charge >= 0.3 is 5.88 Å². The Morgan fingerprint density at radius 2 is 1.71 bits per heavy atom. The smallest absolute Gasteiger partial charge is 0.335 e. The van der Waals surface area contributed by atoms with Crippen LogP contribution >= 0.6 is 0 Å². The standard InChI is InChI=1S/C24H24N2O2/c1-2-3-4-10-16-26-23-20-14-9-8-11-18(20)15-17-25(23)21(24(26)28)22(27)19-12-6-5-7-13-19/h5-9,11-15,17H,2-4,10,16H2,1H3/p+1. The van der Waals surface area contributed by atoms with Gasteiger partial charge in [-0.2, -0.15) is 8.97 Å². The van der Waals surface area contributed by atoms with Crippen molar-refractivity contribution < 1.29 is 14.5 Å². The second-order valence-electron chi connectivity index (χ2n) is 7.18. The largest absolute Gasteiger partial charge is 0.475 e. The molecule has 0 fully saturated rings. The molecule has 0 aliphatic rings. The van der Waals surface area contributed by atoms with E-state index in [-0.39, 0.29) is 11.7 Å². The van der Waals surface area contributed by atoms with E-state index in [0.29, 0.717) is 17.8 Å². The number of aryl methyl sites for hydroxylation is 1. The number of ketones is 1. The summed E-state index contributed by atoms with van der Waals surface area (Å²) in [5.74, 6) is -0.127. The predicted octanol–water partition coefficient (Wildman–Crippen LogP) is 4.90. The minimum atomic E-state index is -0.171. The lowest BCUT2D eigenvalue weighted by Gasteiger charge is -2.01. The number of pyridine rings is 1. The second-order valence-corrected chi connectivity index (χ2v) is 7.18. The highest BCUT2D eigenvalue weighted by molar-refractivity contribution is 6.10. The molecule has 2 aromatic carbocycles. The number of hydrogen-bond donors (Lipinski definition) is 1. The SMILES string of the molecule is CCCCCC[n+]1c(O)c(C(=O)c2ccccc2)n2ccc3ccccc3c21. The molecule has 28 heavy (non-hydrogen) atoms. The molecule has 0 bridgehead atoms. The Bertz CT molecular complexity index is 1130. The average Bonchev–Trinajstić information content (AvgIpc) is 3.03. The molecule has 0 spiro atoms. The molecule has 0 amide bonds. The van der Waals surface area contributed by atoms with Crippen LogP contribution < -0.4 is 4.57 Å². The van der Waals surface area contributed by atoms with Crippen LogP contribution in [0.3, 0.4) is 0 Å². The van der Waals surface area contributed by atoms with Crippen LogP contribution in [0, 0.1) is 0 Å². The third kappa shape index (κ3) is 3.15. The van der Waals surface area contributed by atoms with E-state index in [1.165, 1.54) is 6.42 Å². The van der Waals surface area contributed by atoms with Crippen molar-refractivity contribution in [3.05, 3.63) is 78.1 Å². The van der Waals surface area contributed by atoms with Crippen molar-refractivity contribution in [2.75, 3.05) is 0 Å². The van der Waals surface area contributed by atoms with Gasteiger partial charge in [0.15, 0.2) is 0 Å². The molecule has 0 saturated carbocycles. The first-order valence-corrected chi connectivity index (χ1v) is 9.96. The zero-order valence-electron chi connectivity index (χ0n) is 16.1. The number of rotatable bonds is 7. The van der Waals surface area contributed by atoms with Gasteiger partial charge in [-0.3, -0.25) is 4.79 Å². The number of aromatic hydroxyl groups is 1. The highest BCUT2D eigenvalue weighted by atomic mass is 16.3. The molecule has 0 aliphatic carbocycles. The highest BCUT2D eigenvalue weighted by Crippen LogP contribution is 2.26.